The van der Waals surface area contributed by atoms with Gasteiger partial charge in [-0.1, -0.05) is 0 Å². The van der Waals surface area contributed by atoms with Crippen molar-refractivity contribution in [1.29, 1.82) is 0 Å². The van der Waals surface area contributed by atoms with Gasteiger partial charge >= 0.3 is 54.8 Å². The first kappa shape index (κ1) is 5.31. The van der Waals surface area contributed by atoms with Crippen LogP contribution in [0.3, 0.4) is 0 Å². The van der Waals surface area contributed by atoms with Crippen molar-refractivity contribution in [3.8, 4) is 0 Å². The molecule has 37 valence electrons. The molecule has 0 bridgehead atoms. The molecule has 0 saturated carbocycles. The van der Waals surface area contributed by atoms with Crippen LogP contribution >= 0.6 is 0 Å². The Morgan fingerprint density at radius 1 is 1.71 bits per heavy atom. The first-order valence-electron chi connectivity index (χ1n) is 2.34. The maximum atomic E-state index is 2.22. The normalized spacial score (nSPS) is 19.0. The zero-order chi connectivity index (χ0) is 5.28. The monoisotopic (exact) mass is 263 g/mol. The Labute approximate surface area is 55.2 Å². The van der Waals surface area contributed by atoms with Crippen molar-refractivity contribution in [2.75, 3.05) is 0 Å². The molecule has 0 N–H and O–H groups in total. The molecule has 0 aliphatic heterocycles. The molecule has 1 rings (SSSR count). The summed E-state index contributed by atoms with van der Waals surface area (Å²) >= 11 is 1.62. The molecule has 0 spiro atoms. The first-order valence-corrected chi connectivity index (χ1v) is 3.80. The molecule has 1 aliphatic carbocycles. The van der Waals surface area contributed by atoms with Crippen LogP contribution in [0.5, 0.6) is 0 Å². The molecule has 0 atom stereocenters. The molecule has 7 heavy (non-hydrogen) atoms. The minimum absolute atomic E-state index is 1.21. The van der Waals surface area contributed by atoms with E-state index in [1.165, 1.54) is 12.0 Å². The van der Waals surface area contributed by atoms with Crippen molar-refractivity contribution in [3.63, 3.8) is 0 Å². The standard InChI is InChI=1S/C6H7.W/c1-6-4-2-3-5-6;/h2,4H,3H2,1H3;. The van der Waals surface area contributed by atoms with Crippen molar-refractivity contribution in [1.82, 2.24) is 0 Å². The Kier molecular flexibility index (Phi) is 1.49. The fraction of sp³-hybridized carbons (Fsp3) is 0.333. The minimum atomic E-state index is 1.21. The van der Waals surface area contributed by atoms with E-state index in [-0.39, 0.29) is 0 Å². The van der Waals surface area contributed by atoms with Crippen molar-refractivity contribution in [2.45, 2.75) is 13.3 Å². The summed E-state index contributed by atoms with van der Waals surface area (Å²) in [6.45, 7) is 2.17. The van der Waals surface area contributed by atoms with E-state index < -0.39 is 0 Å². The molecule has 0 fully saturated rings. The predicted molar refractivity (Wildman–Crippen MR) is 26.5 cm³/mol. The van der Waals surface area contributed by atoms with Crippen LogP contribution in [0.1, 0.15) is 13.3 Å². The van der Waals surface area contributed by atoms with E-state index in [0.29, 0.717) is 0 Å². The van der Waals surface area contributed by atoms with Gasteiger partial charge in [-0.3, -0.25) is 0 Å². The zero-order valence-corrected chi connectivity index (χ0v) is 7.20. The molecular weight excluding hydrogens is 256 g/mol. The molecule has 0 aromatic rings. The van der Waals surface area contributed by atoms with E-state index in [1.807, 2.05) is 0 Å². The predicted octanol–water partition coefficient (Wildman–Crippen LogP) is 1.77. The van der Waals surface area contributed by atoms with Crippen LogP contribution in [-0.2, 0) is 19.8 Å². The molecule has 0 unspecified atom stereocenters. The van der Waals surface area contributed by atoms with E-state index in [9.17, 15) is 0 Å². The van der Waals surface area contributed by atoms with Gasteiger partial charge in [-0.05, 0) is 0 Å². The fourth-order valence-electron chi connectivity index (χ4n) is 0.597. The van der Waals surface area contributed by atoms with Gasteiger partial charge in [0, 0.05) is 0 Å². The SMILES string of the molecule is CC1=[C]([W])CC=C1. The summed E-state index contributed by atoms with van der Waals surface area (Å²) in [5.74, 6) is 0. The van der Waals surface area contributed by atoms with Crippen molar-refractivity contribution in [3.05, 3.63) is 21.7 Å². The van der Waals surface area contributed by atoms with Gasteiger partial charge in [0.1, 0.15) is 0 Å². The summed E-state index contributed by atoms with van der Waals surface area (Å²) in [7, 11) is 0. The van der Waals surface area contributed by atoms with E-state index in [1.54, 1.807) is 23.8 Å². The quantitative estimate of drug-likeness (QED) is 0.624. The molecule has 0 radical (unpaired) electrons. The molecular formula is C6H7W. The van der Waals surface area contributed by atoms with Crippen LogP contribution in [-0.4, -0.2) is 0 Å². The second-order valence-electron chi connectivity index (χ2n) is 1.71. The van der Waals surface area contributed by atoms with Crippen LogP contribution in [0.2, 0.25) is 0 Å². The average Bonchev–Trinajstić information content (AvgIpc) is 1.91. The Morgan fingerprint density at radius 2 is 2.43 bits per heavy atom. The molecule has 0 amide bonds. The Morgan fingerprint density at radius 3 is 2.57 bits per heavy atom. The van der Waals surface area contributed by atoms with Gasteiger partial charge in [-0.15, -0.1) is 0 Å². The van der Waals surface area contributed by atoms with Crippen LogP contribution in [0, 0.1) is 0 Å². The van der Waals surface area contributed by atoms with E-state index in [4.69, 9.17) is 0 Å². The number of hydrogen-bond acceptors (Lipinski definition) is 0. The summed E-state index contributed by atoms with van der Waals surface area (Å²) in [4.78, 5) is 0. The molecule has 0 heterocycles. The van der Waals surface area contributed by atoms with Gasteiger partial charge < -0.3 is 0 Å². The second kappa shape index (κ2) is 1.96. The topological polar surface area (TPSA) is 0 Å². The van der Waals surface area contributed by atoms with E-state index in [0.717, 1.165) is 0 Å². The first-order chi connectivity index (χ1) is 3.30. The second-order valence-corrected chi connectivity index (χ2v) is 3.48. The molecule has 0 saturated heterocycles. The summed E-state index contributed by atoms with van der Waals surface area (Å²) < 4.78 is 1.60. The van der Waals surface area contributed by atoms with Crippen LogP contribution in [0.15, 0.2) is 21.7 Å². The summed E-state index contributed by atoms with van der Waals surface area (Å²) in [5, 5.41) is 0. The van der Waals surface area contributed by atoms with Crippen molar-refractivity contribution >= 4 is 0 Å². The van der Waals surface area contributed by atoms with Gasteiger partial charge in [0.25, 0.3) is 0 Å². The average molecular weight is 263 g/mol. The van der Waals surface area contributed by atoms with Gasteiger partial charge in [0.2, 0.25) is 0 Å². The summed E-state index contributed by atoms with van der Waals surface area (Å²) in [5.41, 5.74) is 1.48. The third-order valence-electron chi connectivity index (χ3n) is 1.11. The molecule has 1 heteroatoms. The zero-order valence-electron chi connectivity index (χ0n) is 4.27. The van der Waals surface area contributed by atoms with Crippen LogP contribution in [0.25, 0.3) is 0 Å². The summed E-state index contributed by atoms with van der Waals surface area (Å²) in [6, 6.07) is 0. The number of hydrogen-bond donors (Lipinski definition) is 0. The van der Waals surface area contributed by atoms with Gasteiger partial charge in [0.15, 0.2) is 0 Å². The van der Waals surface area contributed by atoms with Gasteiger partial charge in [-0.25, -0.2) is 0 Å². The third kappa shape index (κ3) is 1.04. The molecule has 1 aliphatic rings. The molecule has 0 aromatic heterocycles. The van der Waals surface area contributed by atoms with Crippen molar-refractivity contribution in [2.24, 2.45) is 0 Å². The Balaban J connectivity index is 2.79. The number of rotatable bonds is 0. The molecule has 0 nitrogen and oxygen atoms in total. The molecule has 0 aromatic carbocycles. The van der Waals surface area contributed by atoms with E-state index in [2.05, 4.69) is 19.1 Å². The summed E-state index contributed by atoms with van der Waals surface area (Å²) in [6.07, 6.45) is 5.63. The number of allylic oxidation sites excluding steroid dienone is 4. The Hall–Kier alpha value is 0.168. The Bertz CT molecular complexity index is 131. The maximum absolute atomic E-state index is 2.22. The van der Waals surface area contributed by atoms with Gasteiger partial charge in [0.05, 0.1) is 0 Å². The van der Waals surface area contributed by atoms with Gasteiger partial charge in [-0.2, -0.15) is 0 Å². The van der Waals surface area contributed by atoms with Crippen LogP contribution < -0.4 is 0 Å². The van der Waals surface area contributed by atoms with Crippen molar-refractivity contribution < 1.29 is 19.8 Å². The van der Waals surface area contributed by atoms with Crippen LogP contribution in [0.4, 0.5) is 0 Å². The fourth-order valence-corrected chi connectivity index (χ4v) is 1.19. The van der Waals surface area contributed by atoms with E-state index >= 15 is 0 Å². The third-order valence-corrected chi connectivity index (χ3v) is 2.87.